The van der Waals surface area contributed by atoms with E-state index >= 15 is 0 Å². The lowest BCUT2D eigenvalue weighted by Crippen LogP contribution is -2.48. The molecule has 1 amide bonds. The maximum Gasteiger partial charge on any atom is 0.411 e. The summed E-state index contributed by atoms with van der Waals surface area (Å²) < 4.78 is 40.5. The van der Waals surface area contributed by atoms with Crippen LogP contribution in [0.25, 0.3) is 0 Å². The van der Waals surface area contributed by atoms with Gasteiger partial charge >= 0.3 is 6.18 Å². The molecule has 0 radical (unpaired) electrons. The molecule has 7 heteroatoms. The van der Waals surface area contributed by atoms with Gasteiger partial charge in [-0.25, -0.2) is 0 Å². The third-order valence-corrected chi connectivity index (χ3v) is 3.75. The van der Waals surface area contributed by atoms with Gasteiger partial charge in [0.2, 0.25) is 5.91 Å². The van der Waals surface area contributed by atoms with Gasteiger partial charge in [0.05, 0.1) is 0 Å². The Hall–Kier alpha value is -0.820. The number of ether oxygens (including phenoxy) is 1. The molecule has 0 bridgehead atoms. The maximum absolute atomic E-state index is 12.0. The first-order valence-corrected chi connectivity index (χ1v) is 7.39. The fourth-order valence-corrected chi connectivity index (χ4v) is 2.44. The van der Waals surface area contributed by atoms with E-state index in [-0.39, 0.29) is 6.04 Å². The van der Waals surface area contributed by atoms with Crippen molar-refractivity contribution in [1.29, 1.82) is 0 Å². The van der Waals surface area contributed by atoms with Crippen LogP contribution in [-0.2, 0) is 9.53 Å². The van der Waals surface area contributed by atoms with Crippen LogP contribution in [0.1, 0.15) is 33.6 Å². The molecule has 1 aliphatic heterocycles. The fraction of sp³-hybridized carbons (Fsp3) is 0.929. The standard InChI is InChI=1S/C14H25F3N2O2/c1-10-5-4-6-19(8-10)11(2)7-18-13(20)12(3)21-9-14(15,16)17/h10-12H,4-9H2,1-3H3,(H,18,20)/t10-,11-,12-/m1/s1. The molecule has 1 aliphatic rings. The molecule has 0 spiro atoms. The monoisotopic (exact) mass is 310 g/mol. The minimum absolute atomic E-state index is 0.173. The van der Waals surface area contributed by atoms with Crippen LogP contribution in [0, 0.1) is 5.92 Å². The lowest BCUT2D eigenvalue weighted by atomic mass is 9.99. The van der Waals surface area contributed by atoms with E-state index < -0.39 is 24.8 Å². The summed E-state index contributed by atoms with van der Waals surface area (Å²) in [5.74, 6) is 0.141. The average Bonchev–Trinajstić information content (AvgIpc) is 2.40. The number of carbonyl (C=O) groups excluding carboxylic acids is 1. The number of nitrogens with zero attached hydrogens (tertiary/aromatic N) is 1. The SMILES string of the molecule is C[C@@H]1CCCN([C@H](C)CNC(=O)[C@@H](C)OCC(F)(F)F)C1. The molecule has 3 atom stereocenters. The summed E-state index contributed by atoms with van der Waals surface area (Å²) in [4.78, 5) is 14.0. The van der Waals surface area contributed by atoms with Gasteiger partial charge in [-0.2, -0.15) is 13.2 Å². The minimum atomic E-state index is -4.41. The van der Waals surface area contributed by atoms with Crippen molar-refractivity contribution in [3.8, 4) is 0 Å². The lowest BCUT2D eigenvalue weighted by molar-refractivity contribution is -0.185. The molecular formula is C14H25F3N2O2. The largest absolute Gasteiger partial charge is 0.411 e. The highest BCUT2D eigenvalue weighted by Gasteiger charge is 2.30. The number of amides is 1. The molecule has 1 N–H and O–H groups in total. The number of halogens is 3. The highest BCUT2D eigenvalue weighted by Crippen LogP contribution is 2.17. The summed E-state index contributed by atoms with van der Waals surface area (Å²) >= 11 is 0. The Morgan fingerprint density at radius 2 is 2.10 bits per heavy atom. The molecule has 0 saturated carbocycles. The van der Waals surface area contributed by atoms with Gasteiger partial charge in [0.15, 0.2) is 0 Å². The Labute approximate surface area is 124 Å². The average molecular weight is 310 g/mol. The Morgan fingerprint density at radius 1 is 1.43 bits per heavy atom. The lowest BCUT2D eigenvalue weighted by Gasteiger charge is -2.35. The number of rotatable bonds is 6. The molecule has 124 valence electrons. The van der Waals surface area contributed by atoms with Gasteiger partial charge < -0.3 is 10.1 Å². The Bertz CT molecular complexity index is 337. The van der Waals surface area contributed by atoms with Gasteiger partial charge in [-0.15, -0.1) is 0 Å². The van der Waals surface area contributed by atoms with E-state index in [1.807, 2.05) is 6.92 Å². The van der Waals surface area contributed by atoms with E-state index in [1.54, 1.807) is 0 Å². The van der Waals surface area contributed by atoms with Gasteiger partial charge in [0.1, 0.15) is 12.7 Å². The quantitative estimate of drug-likeness (QED) is 0.818. The smallest absolute Gasteiger partial charge is 0.359 e. The van der Waals surface area contributed by atoms with Crippen molar-refractivity contribution in [3.05, 3.63) is 0 Å². The molecule has 0 aromatic rings. The van der Waals surface area contributed by atoms with Crippen molar-refractivity contribution in [2.24, 2.45) is 5.92 Å². The Kier molecular flexibility index (Phi) is 6.93. The van der Waals surface area contributed by atoms with Crippen molar-refractivity contribution in [2.45, 2.75) is 51.9 Å². The first-order chi connectivity index (χ1) is 9.69. The summed E-state index contributed by atoms with van der Waals surface area (Å²) in [6, 6.07) is 0.173. The molecule has 1 rings (SSSR count). The van der Waals surface area contributed by atoms with Crippen LogP contribution in [-0.4, -0.2) is 55.4 Å². The Balaban J connectivity index is 2.28. The molecule has 4 nitrogen and oxygen atoms in total. The predicted molar refractivity (Wildman–Crippen MR) is 73.9 cm³/mol. The van der Waals surface area contributed by atoms with Gasteiger partial charge in [0.25, 0.3) is 0 Å². The number of hydrogen-bond donors (Lipinski definition) is 1. The minimum Gasteiger partial charge on any atom is -0.359 e. The van der Waals surface area contributed by atoms with Gasteiger partial charge in [-0.3, -0.25) is 9.69 Å². The summed E-state index contributed by atoms with van der Waals surface area (Å²) in [6.45, 7) is 6.56. The molecule has 0 aliphatic carbocycles. The number of alkyl halides is 3. The van der Waals surface area contributed by atoms with Crippen LogP contribution in [0.4, 0.5) is 13.2 Å². The zero-order chi connectivity index (χ0) is 16.0. The van der Waals surface area contributed by atoms with E-state index in [0.29, 0.717) is 12.5 Å². The number of hydrogen-bond acceptors (Lipinski definition) is 3. The zero-order valence-corrected chi connectivity index (χ0v) is 12.9. The van der Waals surface area contributed by atoms with Crippen molar-refractivity contribution in [2.75, 3.05) is 26.2 Å². The first-order valence-electron chi connectivity index (χ1n) is 7.39. The number of piperidine rings is 1. The van der Waals surface area contributed by atoms with E-state index in [4.69, 9.17) is 0 Å². The Morgan fingerprint density at radius 3 is 2.67 bits per heavy atom. The van der Waals surface area contributed by atoms with Crippen LogP contribution in [0.15, 0.2) is 0 Å². The molecule has 0 aromatic heterocycles. The van der Waals surface area contributed by atoms with E-state index in [0.717, 1.165) is 19.5 Å². The first kappa shape index (κ1) is 18.2. The summed E-state index contributed by atoms with van der Waals surface area (Å²) in [5, 5.41) is 2.66. The summed E-state index contributed by atoms with van der Waals surface area (Å²) in [5.41, 5.74) is 0. The molecule has 1 saturated heterocycles. The van der Waals surface area contributed by atoms with Crippen LogP contribution in [0.2, 0.25) is 0 Å². The third kappa shape index (κ3) is 7.13. The van der Waals surface area contributed by atoms with E-state index in [2.05, 4.69) is 21.9 Å². The van der Waals surface area contributed by atoms with Crippen molar-refractivity contribution in [1.82, 2.24) is 10.2 Å². The van der Waals surface area contributed by atoms with Gasteiger partial charge in [0, 0.05) is 19.1 Å². The second-order valence-corrected chi connectivity index (χ2v) is 5.90. The van der Waals surface area contributed by atoms with E-state index in [9.17, 15) is 18.0 Å². The third-order valence-electron chi connectivity index (χ3n) is 3.75. The highest BCUT2D eigenvalue weighted by molar-refractivity contribution is 5.80. The molecular weight excluding hydrogens is 285 g/mol. The molecule has 1 heterocycles. The second-order valence-electron chi connectivity index (χ2n) is 5.90. The van der Waals surface area contributed by atoms with Crippen molar-refractivity contribution in [3.63, 3.8) is 0 Å². The van der Waals surface area contributed by atoms with Crippen LogP contribution in [0.3, 0.4) is 0 Å². The summed E-state index contributed by atoms with van der Waals surface area (Å²) in [6.07, 6.45) is -3.15. The maximum atomic E-state index is 12.0. The van der Waals surface area contributed by atoms with Gasteiger partial charge in [-0.1, -0.05) is 6.92 Å². The second kappa shape index (κ2) is 7.98. The number of nitrogens with one attached hydrogen (secondary N) is 1. The predicted octanol–water partition coefficient (Wildman–Crippen LogP) is 2.19. The van der Waals surface area contributed by atoms with Crippen molar-refractivity contribution >= 4 is 5.91 Å². The fourth-order valence-electron chi connectivity index (χ4n) is 2.44. The normalized spacial score (nSPS) is 23.6. The molecule has 21 heavy (non-hydrogen) atoms. The van der Waals surface area contributed by atoms with Crippen LogP contribution < -0.4 is 5.32 Å². The molecule has 1 fully saturated rings. The molecule has 0 aromatic carbocycles. The zero-order valence-electron chi connectivity index (χ0n) is 12.9. The van der Waals surface area contributed by atoms with E-state index in [1.165, 1.54) is 13.3 Å². The van der Waals surface area contributed by atoms with Crippen LogP contribution in [0.5, 0.6) is 0 Å². The number of carbonyl (C=O) groups is 1. The number of likely N-dealkylation sites (tertiary alicyclic amines) is 1. The highest BCUT2D eigenvalue weighted by atomic mass is 19.4. The summed E-state index contributed by atoms with van der Waals surface area (Å²) in [7, 11) is 0. The topological polar surface area (TPSA) is 41.6 Å². The van der Waals surface area contributed by atoms with Gasteiger partial charge in [-0.05, 0) is 39.2 Å². The molecule has 0 unspecified atom stereocenters. The van der Waals surface area contributed by atoms with Crippen molar-refractivity contribution < 1.29 is 22.7 Å². The van der Waals surface area contributed by atoms with Crippen LogP contribution >= 0.6 is 0 Å².